The van der Waals surface area contributed by atoms with Gasteiger partial charge in [-0.3, -0.25) is 9.58 Å². The molecule has 1 aliphatic rings. The topological polar surface area (TPSA) is 59.3 Å². The van der Waals surface area contributed by atoms with E-state index < -0.39 is 0 Å². The van der Waals surface area contributed by atoms with Gasteiger partial charge in [-0.2, -0.15) is 0 Å². The van der Waals surface area contributed by atoms with Gasteiger partial charge in [-0.1, -0.05) is 5.21 Å². The molecular formula is C15H24N6OS. The largest absolute Gasteiger partial charge is 0.379 e. The minimum atomic E-state index is 0.306. The zero-order valence-corrected chi connectivity index (χ0v) is 14.8. The maximum Gasteiger partial charge on any atom is 0.107 e. The summed E-state index contributed by atoms with van der Waals surface area (Å²) in [5.74, 6) is 0.306. The van der Waals surface area contributed by atoms with Crippen LogP contribution in [0.15, 0.2) is 11.6 Å². The molecule has 1 atom stereocenters. The van der Waals surface area contributed by atoms with Crippen molar-refractivity contribution in [2.24, 2.45) is 7.05 Å². The fourth-order valence-electron chi connectivity index (χ4n) is 2.94. The summed E-state index contributed by atoms with van der Waals surface area (Å²) in [5, 5.41) is 11.7. The molecule has 0 amide bonds. The molecule has 0 bridgehead atoms. The van der Waals surface area contributed by atoms with Crippen LogP contribution in [-0.2, 0) is 24.9 Å². The van der Waals surface area contributed by atoms with E-state index in [0.717, 1.165) is 43.5 Å². The van der Waals surface area contributed by atoms with Crippen molar-refractivity contribution in [2.75, 3.05) is 40.4 Å². The van der Waals surface area contributed by atoms with Crippen LogP contribution in [0, 0.1) is 0 Å². The van der Waals surface area contributed by atoms with Gasteiger partial charge in [-0.25, -0.2) is 4.98 Å². The van der Waals surface area contributed by atoms with Gasteiger partial charge in [0.25, 0.3) is 0 Å². The van der Waals surface area contributed by atoms with E-state index in [2.05, 4.69) is 39.2 Å². The molecule has 0 saturated carbocycles. The van der Waals surface area contributed by atoms with Crippen molar-refractivity contribution in [2.45, 2.75) is 19.0 Å². The molecule has 0 fully saturated rings. The maximum atomic E-state index is 5.90. The average molecular weight is 336 g/mol. The van der Waals surface area contributed by atoms with Gasteiger partial charge in [0.15, 0.2) is 0 Å². The van der Waals surface area contributed by atoms with E-state index in [4.69, 9.17) is 4.74 Å². The van der Waals surface area contributed by atoms with Gasteiger partial charge in [0.05, 0.1) is 25.5 Å². The molecule has 8 heteroatoms. The minimum absolute atomic E-state index is 0.306. The zero-order valence-electron chi connectivity index (χ0n) is 14.0. The van der Waals surface area contributed by atoms with E-state index in [1.54, 1.807) is 11.3 Å². The molecule has 0 spiro atoms. The van der Waals surface area contributed by atoms with Crippen molar-refractivity contribution in [1.29, 1.82) is 0 Å². The number of hydrogen-bond donors (Lipinski definition) is 0. The molecule has 7 nitrogen and oxygen atoms in total. The van der Waals surface area contributed by atoms with Gasteiger partial charge in [-0.15, -0.1) is 16.4 Å². The van der Waals surface area contributed by atoms with Crippen molar-refractivity contribution in [3.63, 3.8) is 0 Å². The smallest absolute Gasteiger partial charge is 0.107 e. The van der Waals surface area contributed by atoms with Crippen LogP contribution in [0.25, 0.3) is 0 Å². The second kappa shape index (κ2) is 7.48. The Hall–Kier alpha value is -1.35. The molecule has 2 aromatic heterocycles. The molecule has 1 unspecified atom stereocenters. The summed E-state index contributed by atoms with van der Waals surface area (Å²) in [4.78, 5) is 8.91. The van der Waals surface area contributed by atoms with Crippen LogP contribution in [0.3, 0.4) is 0 Å². The average Bonchev–Trinajstić information content (AvgIpc) is 3.14. The van der Waals surface area contributed by atoms with Gasteiger partial charge >= 0.3 is 0 Å². The van der Waals surface area contributed by atoms with E-state index in [-0.39, 0.29) is 0 Å². The van der Waals surface area contributed by atoms with E-state index in [9.17, 15) is 0 Å². The Kier molecular flexibility index (Phi) is 5.37. The van der Waals surface area contributed by atoms with Crippen molar-refractivity contribution in [1.82, 2.24) is 29.8 Å². The molecule has 2 aromatic rings. The highest BCUT2D eigenvalue weighted by molar-refractivity contribution is 7.09. The maximum absolute atomic E-state index is 5.90. The van der Waals surface area contributed by atoms with Crippen LogP contribution in [0.4, 0.5) is 0 Å². The molecule has 126 valence electrons. The Labute approximate surface area is 140 Å². The molecule has 1 aliphatic heterocycles. The Bertz CT molecular complexity index is 612. The van der Waals surface area contributed by atoms with E-state index >= 15 is 0 Å². The predicted molar refractivity (Wildman–Crippen MR) is 89.3 cm³/mol. The summed E-state index contributed by atoms with van der Waals surface area (Å²) in [6.07, 6.45) is 1.86. The molecular weight excluding hydrogens is 312 g/mol. The molecule has 0 aliphatic carbocycles. The lowest BCUT2D eigenvalue weighted by atomic mass is 9.99. The number of aromatic nitrogens is 4. The van der Waals surface area contributed by atoms with Gasteiger partial charge < -0.3 is 9.64 Å². The van der Waals surface area contributed by atoms with Crippen LogP contribution in [0.5, 0.6) is 0 Å². The Balaban J connectivity index is 1.65. The number of rotatable bonds is 7. The molecule has 0 N–H and O–H groups in total. The highest BCUT2D eigenvalue weighted by Crippen LogP contribution is 2.28. The van der Waals surface area contributed by atoms with Gasteiger partial charge in [0.2, 0.25) is 0 Å². The fraction of sp³-hybridized carbons (Fsp3) is 0.667. The Morgan fingerprint density at radius 2 is 2.30 bits per heavy atom. The first-order valence-electron chi connectivity index (χ1n) is 7.85. The highest BCUT2D eigenvalue weighted by Gasteiger charge is 2.30. The summed E-state index contributed by atoms with van der Waals surface area (Å²) in [6.45, 7) is 5.04. The number of hydrogen-bond acceptors (Lipinski definition) is 7. The van der Waals surface area contributed by atoms with Crippen LogP contribution in [-0.4, -0.2) is 70.2 Å². The molecule has 3 heterocycles. The summed E-state index contributed by atoms with van der Waals surface area (Å²) >= 11 is 1.70. The monoisotopic (exact) mass is 336 g/mol. The lowest BCUT2D eigenvalue weighted by molar-refractivity contribution is 0.0834. The first-order chi connectivity index (χ1) is 11.1. The third-order valence-corrected chi connectivity index (χ3v) is 4.79. The lowest BCUT2D eigenvalue weighted by Crippen LogP contribution is -2.36. The third kappa shape index (κ3) is 4.14. The fourth-order valence-corrected chi connectivity index (χ4v) is 3.60. The Morgan fingerprint density at radius 1 is 1.43 bits per heavy atom. The second-order valence-corrected chi connectivity index (χ2v) is 7.19. The summed E-state index contributed by atoms with van der Waals surface area (Å²) in [7, 11) is 6.08. The van der Waals surface area contributed by atoms with E-state index in [0.29, 0.717) is 12.5 Å². The number of fused-ring (bicyclic) bond motifs is 1. The predicted octanol–water partition coefficient (Wildman–Crippen LogP) is 0.949. The second-order valence-electron chi connectivity index (χ2n) is 6.22. The summed E-state index contributed by atoms with van der Waals surface area (Å²) in [5.41, 5.74) is 2.28. The third-order valence-electron chi connectivity index (χ3n) is 4.03. The zero-order chi connectivity index (χ0) is 16.2. The van der Waals surface area contributed by atoms with Crippen molar-refractivity contribution in [3.05, 3.63) is 28.0 Å². The standard InChI is InChI=1S/C15H24N6OS/c1-19(2)5-6-22-11-12-8-21(10-14-16-4-7-23-14)9-13-15(12)20(3)18-17-13/h4,7,12H,5-6,8-11H2,1-3H3. The first-order valence-corrected chi connectivity index (χ1v) is 8.73. The van der Waals surface area contributed by atoms with E-state index in [1.165, 1.54) is 5.69 Å². The molecule has 23 heavy (non-hydrogen) atoms. The van der Waals surface area contributed by atoms with Crippen LogP contribution < -0.4 is 0 Å². The highest BCUT2D eigenvalue weighted by atomic mass is 32.1. The molecule has 0 saturated heterocycles. The van der Waals surface area contributed by atoms with Gasteiger partial charge in [0.1, 0.15) is 10.7 Å². The number of ether oxygens (including phenoxy) is 1. The van der Waals surface area contributed by atoms with Crippen LogP contribution in [0.1, 0.15) is 22.3 Å². The number of nitrogens with zero attached hydrogens (tertiary/aromatic N) is 6. The van der Waals surface area contributed by atoms with Crippen LogP contribution in [0.2, 0.25) is 0 Å². The molecule has 0 aromatic carbocycles. The first kappa shape index (κ1) is 16.5. The molecule has 0 radical (unpaired) electrons. The van der Waals surface area contributed by atoms with Crippen LogP contribution >= 0.6 is 11.3 Å². The molecule has 3 rings (SSSR count). The Morgan fingerprint density at radius 3 is 3.04 bits per heavy atom. The quantitative estimate of drug-likeness (QED) is 0.702. The van der Waals surface area contributed by atoms with Crippen molar-refractivity contribution < 1.29 is 4.74 Å². The number of thiazole rings is 1. The number of aryl methyl sites for hydroxylation is 1. The normalized spacial score (nSPS) is 18.5. The summed E-state index contributed by atoms with van der Waals surface area (Å²) in [6, 6.07) is 0. The summed E-state index contributed by atoms with van der Waals surface area (Å²) < 4.78 is 7.80. The van der Waals surface area contributed by atoms with Gasteiger partial charge in [0, 0.05) is 44.2 Å². The number of likely N-dealkylation sites (N-methyl/N-ethyl adjacent to an activating group) is 1. The van der Waals surface area contributed by atoms with Crippen molar-refractivity contribution in [3.8, 4) is 0 Å². The van der Waals surface area contributed by atoms with Gasteiger partial charge in [-0.05, 0) is 14.1 Å². The SMILES string of the molecule is CN(C)CCOCC1CN(Cc2nccs2)Cc2nnn(C)c21. The van der Waals surface area contributed by atoms with E-state index in [1.807, 2.05) is 23.3 Å². The van der Waals surface area contributed by atoms with Crippen molar-refractivity contribution >= 4 is 11.3 Å². The minimum Gasteiger partial charge on any atom is -0.379 e. The lowest BCUT2D eigenvalue weighted by Gasteiger charge is -2.31.